The first-order valence-corrected chi connectivity index (χ1v) is 6.24. The first-order chi connectivity index (χ1) is 7.24. The summed E-state index contributed by atoms with van der Waals surface area (Å²) in [5, 5.41) is 3.54. The first kappa shape index (κ1) is 12.7. The SMILES string of the molecule is C=C(C)C(CCC1CCCO1)NCCC. The van der Waals surface area contributed by atoms with Crippen molar-refractivity contribution in [2.45, 2.75) is 58.1 Å². The lowest BCUT2D eigenvalue weighted by molar-refractivity contribution is 0.101. The fraction of sp³-hybridized carbons (Fsp3) is 0.846. The van der Waals surface area contributed by atoms with Crippen LogP contribution in [0.25, 0.3) is 0 Å². The van der Waals surface area contributed by atoms with Crippen molar-refractivity contribution in [3.63, 3.8) is 0 Å². The van der Waals surface area contributed by atoms with E-state index in [-0.39, 0.29) is 0 Å². The molecule has 2 heteroatoms. The standard InChI is InChI=1S/C13H25NO/c1-4-9-14-13(11(2)3)8-7-12-6-5-10-15-12/h12-14H,2,4-10H2,1,3H3. The van der Waals surface area contributed by atoms with E-state index in [2.05, 4.69) is 25.7 Å². The lowest BCUT2D eigenvalue weighted by Gasteiger charge is -2.20. The van der Waals surface area contributed by atoms with Gasteiger partial charge >= 0.3 is 0 Å². The Morgan fingerprint density at radius 2 is 2.40 bits per heavy atom. The average molecular weight is 211 g/mol. The van der Waals surface area contributed by atoms with Gasteiger partial charge in [-0.05, 0) is 45.6 Å². The lowest BCUT2D eigenvalue weighted by atomic mass is 10.0. The van der Waals surface area contributed by atoms with Gasteiger partial charge in [-0.15, -0.1) is 0 Å². The van der Waals surface area contributed by atoms with Crippen LogP contribution in [0.2, 0.25) is 0 Å². The molecule has 0 bridgehead atoms. The number of hydrogen-bond donors (Lipinski definition) is 1. The van der Waals surface area contributed by atoms with Crippen LogP contribution in [0.15, 0.2) is 12.2 Å². The molecular formula is C13H25NO. The molecule has 1 saturated heterocycles. The number of rotatable bonds is 7. The van der Waals surface area contributed by atoms with Gasteiger partial charge in [-0.2, -0.15) is 0 Å². The van der Waals surface area contributed by atoms with Gasteiger partial charge in [0, 0.05) is 12.6 Å². The predicted molar refractivity (Wildman–Crippen MR) is 65.1 cm³/mol. The average Bonchev–Trinajstić information content (AvgIpc) is 2.70. The van der Waals surface area contributed by atoms with Crippen LogP contribution in [0.4, 0.5) is 0 Å². The second-order valence-electron chi connectivity index (χ2n) is 4.57. The molecule has 0 aromatic heterocycles. The third-order valence-corrected chi connectivity index (χ3v) is 3.04. The van der Waals surface area contributed by atoms with Gasteiger partial charge in [-0.1, -0.05) is 19.1 Å². The zero-order valence-electron chi connectivity index (χ0n) is 10.2. The molecule has 2 nitrogen and oxygen atoms in total. The number of nitrogens with one attached hydrogen (secondary N) is 1. The van der Waals surface area contributed by atoms with Crippen molar-refractivity contribution in [1.82, 2.24) is 5.32 Å². The molecule has 1 aliphatic rings. The molecule has 1 rings (SSSR count). The molecule has 1 heterocycles. The normalized spacial score (nSPS) is 22.9. The van der Waals surface area contributed by atoms with Gasteiger partial charge in [-0.3, -0.25) is 0 Å². The minimum absolute atomic E-state index is 0.481. The van der Waals surface area contributed by atoms with Gasteiger partial charge in [-0.25, -0.2) is 0 Å². The predicted octanol–water partition coefficient (Wildman–Crippen LogP) is 2.89. The Labute approximate surface area is 94.1 Å². The Balaban J connectivity index is 2.20. The summed E-state index contributed by atoms with van der Waals surface area (Å²) < 4.78 is 5.63. The summed E-state index contributed by atoms with van der Waals surface area (Å²) in [5.41, 5.74) is 1.25. The molecule has 0 aliphatic carbocycles. The fourth-order valence-corrected chi connectivity index (χ4v) is 2.07. The molecular weight excluding hydrogens is 186 g/mol. The van der Waals surface area contributed by atoms with Gasteiger partial charge in [0.2, 0.25) is 0 Å². The van der Waals surface area contributed by atoms with Crippen LogP contribution in [0.3, 0.4) is 0 Å². The van der Waals surface area contributed by atoms with E-state index in [0.29, 0.717) is 12.1 Å². The van der Waals surface area contributed by atoms with E-state index in [4.69, 9.17) is 4.74 Å². The molecule has 88 valence electrons. The molecule has 0 aromatic carbocycles. The van der Waals surface area contributed by atoms with Crippen molar-refractivity contribution in [2.75, 3.05) is 13.2 Å². The summed E-state index contributed by atoms with van der Waals surface area (Å²) in [6, 6.07) is 0.481. The molecule has 0 spiro atoms. The lowest BCUT2D eigenvalue weighted by Crippen LogP contribution is -2.31. The molecule has 0 radical (unpaired) electrons. The van der Waals surface area contributed by atoms with Crippen LogP contribution >= 0.6 is 0 Å². The third kappa shape index (κ3) is 4.80. The Hall–Kier alpha value is -0.340. The van der Waals surface area contributed by atoms with Crippen molar-refractivity contribution in [2.24, 2.45) is 0 Å². The van der Waals surface area contributed by atoms with E-state index in [9.17, 15) is 0 Å². The molecule has 1 aliphatic heterocycles. The van der Waals surface area contributed by atoms with Crippen molar-refractivity contribution in [1.29, 1.82) is 0 Å². The highest BCUT2D eigenvalue weighted by atomic mass is 16.5. The van der Waals surface area contributed by atoms with Gasteiger partial charge in [0.25, 0.3) is 0 Å². The molecule has 0 aromatic rings. The molecule has 15 heavy (non-hydrogen) atoms. The van der Waals surface area contributed by atoms with E-state index < -0.39 is 0 Å². The number of hydrogen-bond acceptors (Lipinski definition) is 2. The second-order valence-corrected chi connectivity index (χ2v) is 4.57. The zero-order chi connectivity index (χ0) is 11.1. The van der Waals surface area contributed by atoms with Gasteiger partial charge in [0.1, 0.15) is 0 Å². The van der Waals surface area contributed by atoms with Crippen molar-refractivity contribution in [3.8, 4) is 0 Å². The minimum Gasteiger partial charge on any atom is -0.378 e. The summed E-state index contributed by atoms with van der Waals surface area (Å²) in [6.45, 7) is 10.4. The molecule has 0 saturated carbocycles. The summed E-state index contributed by atoms with van der Waals surface area (Å²) in [7, 11) is 0. The summed E-state index contributed by atoms with van der Waals surface area (Å²) in [5.74, 6) is 0. The maximum atomic E-state index is 5.63. The largest absolute Gasteiger partial charge is 0.378 e. The highest BCUT2D eigenvalue weighted by molar-refractivity contribution is 5.01. The van der Waals surface area contributed by atoms with Crippen LogP contribution in [-0.2, 0) is 4.74 Å². The Morgan fingerprint density at radius 1 is 1.60 bits per heavy atom. The molecule has 2 unspecified atom stereocenters. The molecule has 0 amide bonds. The third-order valence-electron chi connectivity index (χ3n) is 3.04. The Kier molecular flexibility index (Phi) is 5.96. The quantitative estimate of drug-likeness (QED) is 0.654. The van der Waals surface area contributed by atoms with E-state index in [1.165, 1.54) is 37.7 Å². The van der Waals surface area contributed by atoms with Crippen molar-refractivity contribution >= 4 is 0 Å². The minimum atomic E-state index is 0.481. The maximum absolute atomic E-state index is 5.63. The highest BCUT2D eigenvalue weighted by Crippen LogP contribution is 2.19. The monoisotopic (exact) mass is 211 g/mol. The molecule has 1 fully saturated rings. The van der Waals surface area contributed by atoms with E-state index in [1.54, 1.807) is 0 Å². The van der Waals surface area contributed by atoms with Crippen molar-refractivity contribution < 1.29 is 4.74 Å². The van der Waals surface area contributed by atoms with Crippen LogP contribution < -0.4 is 5.32 Å². The van der Waals surface area contributed by atoms with Crippen LogP contribution in [0.1, 0.15) is 46.0 Å². The van der Waals surface area contributed by atoms with E-state index in [0.717, 1.165) is 13.2 Å². The zero-order valence-corrected chi connectivity index (χ0v) is 10.2. The van der Waals surface area contributed by atoms with Gasteiger partial charge in [0.15, 0.2) is 0 Å². The smallest absolute Gasteiger partial charge is 0.0576 e. The summed E-state index contributed by atoms with van der Waals surface area (Å²) in [6.07, 6.45) is 6.52. The Bertz CT molecular complexity index is 185. The summed E-state index contributed by atoms with van der Waals surface area (Å²) in [4.78, 5) is 0. The van der Waals surface area contributed by atoms with Crippen LogP contribution in [0, 0.1) is 0 Å². The van der Waals surface area contributed by atoms with Crippen molar-refractivity contribution in [3.05, 3.63) is 12.2 Å². The summed E-state index contributed by atoms with van der Waals surface area (Å²) >= 11 is 0. The highest BCUT2D eigenvalue weighted by Gasteiger charge is 2.17. The van der Waals surface area contributed by atoms with Crippen LogP contribution in [-0.4, -0.2) is 25.3 Å². The van der Waals surface area contributed by atoms with E-state index >= 15 is 0 Å². The molecule has 2 atom stereocenters. The maximum Gasteiger partial charge on any atom is 0.0576 e. The van der Waals surface area contributed by atoms with Gasteiger partial charge in [0.05, 0.1) is 6.10 Å². The topological polar surface area (TPSA) is 21.3 Å². The number of ether oxygens (including phenoxy) is 1. The van der Waals surface area contributed by atoms with Crippen LogP contribution in [0.5, 0.6) is 0 Å². The Morgan fingerprint density at radius 3 is 2.93 bits per heavy atom. The van der Waals surface area contributed by atoms with Gasteiger partial charge < -0.3 is 10.1 Å². The first-order valence-electron chi connectivity index (χ1n) is 6.24. The molecule has 1 N–H and O–H groups in total. The fourth-order valence-electron chi connectivity index (χ4n) is 2.07. The second kappa shape index (κ2) is 7.02. The van der Waals surface area contributed by atoms with E-state index in [1.807, 2.05) is 0 Å².